The van der Waals surface area contributed by atoms with Crippen molar-refractivity contribution < 1.29 is 29.7 Å². The minimum Gasteiger partial charge on any atom is -0.388 e. The molecular weight excluding hydrogens is 243 g/mol. The average molecular weight is 254 g/mol. The molecule has 0 fully saturated rings. The van der Waals surface area contributed by atoms with E-state index < -0.39 is 5.09 Å². The Morgan fingerprint density at radius 1 is 1.50 bits per heavy atom. The summed E-state index contributed by atoms with van der Waals surface area (Å²) in [5.74, 6) is 0.644. The summed E-state index contributed by atoms with van der Waals surface area (Å²) in [5, 5.41) is 23.3. The fourth-order valence-electron chi connectivity index (χ4n) is 0.696. The van der Waals surface area contributed by atoms with E-state index in [1.165, 1.54) is 0 Å². The molecule has 1 rings (SSSR count). The molecule has 7 nitrogen and oxygen atoms in total. The van der Waals surface area contributed by atoms with Crippen LogP contribution in [0.1, 0.15) is 17.2 Å². The summed E-state index contributed by atoms with van der Waals surface area (Å²) in [5.41, 5.74) is 1.98. The fraction of sp³-hybridized carbons (Fsp3) is 0.500. The van der Waals surface area contributed by atoms with Gasteiger partial charge in [-0.05, 0) is 13.8 Å². The van der Waals surface area contributed by atoms with E-state index in [1.807, 2.05) is 13.8 Å². The third kappa shape index (κ3) is 6.50. The molecule has 0 aromatic carbocycles. The Hall–Kier alpha value is -1.01. The first-order valence-electron chi connectivity index (χ1n) is 3.41. The SMILES string of the molecule is Cc1nc(CO)[nH]c1C.O=[N+]([O-])[O-].[Zn]. The van der Waals surface area contributed by atoms with Crippen molar-refractivity contribution in [1.29, 1.82) is 0 Å². The molecule has 0 saturated heterocycles. The average Bonchev–Trinajstić information content (AvgIpc) is 2.30. The Kier molecular flexibility index (Phi) is 8.18. The number of aliphatic hydroxyl groups is 1. The van der Waals surface area contributed by atoms with E-state index in [4.69, 9.17) is 20.4 Å². The second kappa shape index (κ2) is 7.40. The van der Waals surface area contributed by atoms with E-state index in [0.717, 1.165) is 11.4 Å². The number of aromatic amines is 1. The van der Waals surface area contributed by atoms with E-state index in [9.17, 15) is 0 Å². The summed E-state index contributed by atoms with van der Waals surface area (Å²) in [6.07, 6.45) is 0. The van der Waals surface area contributed by atoms with Crippen LogP contribution < -0.4 is 0 Å². The molecule has 0 atom stereocenters. The van der Waals surface area contributed by atoms with E-state index >= 15 is 0 Å². The van der Waals surface area contributed by atoms with E-state index in [0.29, 0.717) is 5.82 Å². The van der Waals surface area contributed by atoms with Crippen molar-refractivity contribution in [3.05, 3.63) is 32.5 Å². The molecule has 0 aliphatic heterocycles. The molecule has 0 spiro atoms. The number of hydrogen-bond donors (Lipinski definition) is 2. The van der Waals surface area contributed by atoms with Gasteiger partial charge in [-0.3, -0.25) is 0 Å². The predicted octanol–water partition coefficient (Wildman–Crippen LogP) is 0.277. The number of H-pyrrole nitrogens is 1. The molecule has 0 saturated carbocycles. The van der Waals surface area contributed by atoms with E-state index in [2.05, 4.69) is 9.97 Å². The molecule has 1 heterocycles. The van der Waals surface area contributed by atoms with Gasteiger partial charge >= 0.3 is 0 Å². The van der Waals surface area contributed by atoms with Gasteiger partial charge in [-0.25, -0.2) is 4.98 Å². The van der Waals surface area contributed by atoms with Crippen LogP contribution in [0.25, 0.3) is 0 Å². The Labute approximate surface area is 93.0 Å². The van der Waals surface area contributed by atoms with Gasteiger partial charge in [0.15, 0.2) is 0 Å². The van der Waals surface area contributed by atoms with Gasteiger partial charge in [-0.2, -0.15) is 0 Å². The third-order valence-corrected chi connectivity index (χ3v) is 1.33. The van der Waals surface area contributed by atoms with Crippen LogP contribution in [-0.4, -0.2) is 20.2 Å². The second-order valence-electron chi connectivity index (χ2n) is 2.28. The van der Waals surface area contributed by atoms with Crippen molar-refractivity contribution in [3.63, 3.8) is 0 Å². The van der Waals surface area contributed by atoms with Crippen LogP contribution in [-0.2, 0) is 26.1 Å². The third-order valence-electron chi connectivity index (χ3n) is 1.33. The molecule has 0 bridgehead atoms. The van der Waals surface area contributed by atoms with Crippen molar-refractivity contribution in [2.45, 2.75) is 20.5 Å². The standard InChI is InChI=1S/C6H10N2O.NO3.Zn/c1-4-5(2)8-6(3-9)7-4;2-1(3)4;/h9H,3H2,1-2H3,(H,7,8);;/q;-1;. The maximum atomic E-state index is 8.58. The number of rotatable bonds is 1. The van der Waals surface area contributed by atoms with Crippen LogP contribution in [0, 0.1) is 29.2 Å². The monoisotopic (exact) mass is 252 g/mol. The van der Waals surface area contributed by atoms with E-state index in [-0.39, 0.29) is 26.1 Å². The second-order valence-corrected chi connectivity index (χ2v) is 2.28. The fourth-order valence-corrected chi connectivity index (χ4v) is 0.696. The molecule has 0 aliphatic carbocycles. The minimum atomic E-state index is -1.75. The summed E-state index contributed by atoms with van der Waals surface area (Å²) in [7, 11) is 0. The number of nitrogens with one attached hydrogen (secondary N) is 1. The Morgan fingerprint density at radius 2 is 1.93 bits per heavy atom. The number of nitrogens with zero attached hydrogens (tertiary/aromatic N) is 2. The Morgan fingerprint density at radius 3 is 2.07 bits per heavy atom. The topological polar surface area (TPSA) is 115 Å². The quantitative estimate of drug-likeness (QED) is 0.424. The molecule has 1 aromatic rings. The van der Waals surface area contributed by atoms with Crippen molar-refractivity contribution in [1.82, 2.24) is 9.97 Å². The van der Waals surface area contributed by atoms with Crippen molar-refractivity contribution in [3.8, 4) is 0 Å². The molecule has 14 heavy (non-hydrogen) atoms. The molecule has 2 N–H and O–H groups in total. The summed E-state index contributed by atoms with van der Waals surface area (Å²) in [4.78, 5) is 15.2. The zero-order valence-electron chi connectivity index (χ0n) is 7.98. The van der Waals surface area contributed by atoms with Gasteiger partial charge in [0, 0.05) is 25.2 Å². The number of aromatic nitrogens is 2. The maximum Gasteiger partial charge on any atom is 0.132 e. The number of aryl methyl sites for hydroxylation is 2. The van der Waals surface area contributed by atoms with Gasteiger partial charge < -0.3 is 25.4 Å². The van der Waals surface area contributed by atoms with Crippen LogP contribution in [0.3, 0.4) is 0 Å². The smallest absolute Gasteiger partial charge is 0.132 e. The minimum absolute atomic E-state index is 0. The molecule has 76 valence electrons. The normalized spacial score (nSPS) is 8.21. The maximum absolute atomic E-state index is 8.58. The summed E-state index contributed by atoms with van der Waals surface area (Å²) >= 11 is 0. The van der Waals surface area contributed by atoms with Crippen molar-refractivity contribution in [2.24, 2.45) is 0 Å². The van der Waals surface area contributed by atoms with Crippen LogP contribution in [0.2, 0.25) is 0 Å². The van der Waals surface area contributed by atoms with Crippen molar-refractivity contribution in [2.75, 3.05) is 0 Å². The number of hydrogen-bond acceptors (Lipinski definition) is 5. The van der Waals surface area contributed by atoms with Crippen LogP contribution in [0.15, 0.2) is 0 Å². The van der Waals surface area contributed by atoms with Crippen LogP contribution in [0.5, 0.6) is 0 Å². The summed E-state index contributed by atoms with van der Waals surface area (Å²) in [6, 6.07) is 0. The van der Waals surface area contributed by atoms with Crippen LogP contribution >= 0.6 is 0 Å². The van der Waals surface area contributed by atoms with Crippen molar-refractivity contribution >= 4 is 0 Å². The molecule has 8 heteroatoms. The largest absolute Gasteiger partial charge is 0.388 e. The Balaban J connectivity index is 0. The van der Waals surface area contributed by atoms with E-state index in [1.54, 1.807) is 0 Å². The molecule has 0 amide bonds. The van der Waals surface area contributed by atoms with Gasteiger partial charge in [0.25, 0.3) is 0 Å². The molecule has 1 aromatic heterocycles. The number of aliphatic hydroxyl groups excluding tert-OH is 1. The van der Waals surface area contributed by atoms with Gasteiger partial charge in [0.05, 0.1) is 10.8 Å². The van der Waals surface area contributed by atoms with Crippen LogP contribution in [0.4, 0.5) is 0 Å². The molecule has 0 radical (unpaired) electrons. The first-order valence-corrected chi connectivity index (χ1v) is 3.41. The molecule has 0 aliphatic rings. The molecule has 0 unspecified atom stereocenters. The van der Waals surface area contributed by atoms with Gasteiger partial charge in [0.2, 0.25) is 0 Å². The summed E-state index contributed by atoms with van der Waals surface area (Å²) in [6.45, 7) is 3.83. The molecular formula is C6H10N3O4Zn-. The Bertz CT molecular complexity index is 265. The number of imidazole rings is 1. The summed E-state index contributed by atoms with van der Waals surface area (Å²) < 4.78 is 0. The first-order chi connectivity index (χ1) is 5.97. The van der Waals surface area contributed by atoms with Gasteiger partial charge in [0.1, 0.15) is 12.4 Å². The van der Waals surface area contributed by atoms with Gasteiger partial charge in [-0.1, -0.05) is 0 Å². The first kappa shape index (κ1) is 15.5. The zero-order chi connectivity index (χ0) is 10.4. The predicted molar refractivity (Wildman–Crippen MR) is 44.3 cm³/mol. The zero-order valence-corrected chi connectivity index (χ0v) is 10.9. The van der Waals surface area contributed by atoms with Gasteiger partial charge in [-0.15, -0.1) is 0 Å².